The van der Waals surface area contributed by atoms with Gasteiger partial charge in [-0.2, -0.15) is 0 Å². The van der Waals surface area contributed by atoms with Crippen molar-refractivity contribution in [2.24, 2.45) is 0 Å². The summed E-state index contributed by atoms with van der Waals surface area (Å²) in [6.07, 6.45) is 0.344. The van der Waals surface area contributed by atoms with Crippen LogP contribution < -0.4 is 0 Å². The van der Waals surface area contributed by atoms with Gasteiger partial charge in [0.1, 0.15) is 11.8 Å². The van der Waals surface area contributed by atoms with Gasteiger partial charge in [-0.25, -0.2) is 4.79 Å². The largest absolute Gasteiger partial charge is 0.508 e. The van der Waals surface area contributed by atoms with E-state index < -0.39 is 12.0 Å². The fourth-order valence-electron chi connectivity index (χ4n) is 3.22. The maximum absolute atomic E-state index is 12.7. The lowest BCUT2D eigenvalue weighted by molar-refractivity contribution is -0.138. The number of phenolic OH excluding ortho intramolecular Hbond substituents is 1. The fraction of sp³-hybridized carbons (Fsp3) is 0.174. The molecule has 0 spiro atoms. The van der Waals surface area contributed by atoms with Gasteiger partial charge in [-0.05, 0) is 22.8 Å². The second-order valence-corrected chi connectivity index (χ2v) is 6.94. The number of carbonyl (C=O) groups is 1. The molecule has 0 radical (unpaired) electrons. The van der Waals surface area contributed by atoms with E-state index in [-0.39, 0.29) is 5.75 Å². The smallest absolute Gasteiger partial charge is 0.335 e. The van der Waals surface area contributed by atoms with Crippen LogP contribution in [0.15, 0.2) is 84.9 Å². The molecular formula is C23H22BrNO3. The van der Waals surface area contributed by atoms with Gasteiger partial charge in [0, 0.05) is 19.5 Å². The van der Waals surface area contributed by atoms with Gasteiger partial charge in [-0.3, -0.25) is 4.90 Å². The van der Waals surface area contributed by atoms with Crippen molar-refractivity contribution in [3.63, 3.8) is 0 Å². The zero-order valence-electron chi connectivity index (χ0n) is 15.4. The van der Waals surface area contributed by atoms with E-state index in [4.69, 9.17) is 3.83 Å². The van der Waals surface area contributed by atoms with Crippen LogP contribution in [-0.4, -0.2) is 22.0 Å². The van der Waals surface area contributed by atoms with Crippen LogP contribution in [0.4, 0.5) is 0 Å². The molecule has 0 aliphatic rings. The Labute approximate surface area is 173 Å². The molecule has 3 aromatic rings. The van der Waals surface area contributed by atoms with Crippen LogP contribution in [0.1, 0.15) is 16.7 Å². The molecule has 1 atom stereocenters. The summed E-state index contributed by atoms with van der Waals surface area (Å²) in [5, 5.41) is 10.2. The molecule has 0 fully saturated rings. The number of nitrogens with zero attached hydrogens (tertiary/aromatic N) is 1. The Morgan fingerprint density at radius 3 is 1.86 bits per heavy atom. The molecule has 0 saturated carbocycles. The molecule has 1 unspecified atom stereocenters. The van der Waals surface area contributed by atoms with Crippen molar-refractivity contribution in [1.29, 1.82) is 0 Å². The van der Waals surface area contributed by atoms with Crippen LogP contribution in [0.25, 0.3) is 0 Å². The number of hydrogen-bond donors (Lipinski definition) is 1. The van der Waals surface area contributed by atoms with Crippen LogP contribution in [0.2, 0.25) is 0 Å². The highest BCUT2D eigenvalue weighted by atomic mass is 79.9. The Balaban J connectivity index is 1.92. The van der Waals surface area contributed by atoms with Crippen LogP contribution in [-0.2, 0) is 28.1 Å². The van der Waals surface area contributed by atoms with Crippen molar-refractivity contribution in [1.82, 2.24) is 4.90 Å². The van der Waals surface area contributed by atoms with Gasteiger partial charge in [-0.1, -0.05) is 78.9 Å². The zero-order chi connectivity index (χ0) is 19.8. The van der Waals surface area contributed by atoms with E-state index in [0.717, 1.165) is 11.1 Å². The van der Waals surface area contributed by atoms with E-state index in [9.17, 15) is 9.90 Å². The lowest BCUT2D eigenvalue weighted by Gasteiger charge is -2.30. The predicted molar refractivity (Wildman–Crippen MR) is 113 cm³/mol. The minimum absolute atomic E-state index is 0.175. The van der Waals surface area contributed by atoms with Crippen LogP contribution in [0.5, 0.6) is 5.75 Å². The van der Waals surface area contributed by atoms with E-state index in [2.05, 4.69) is 21.2 Å². The normalized spacial score (nSPS) is 11.9. The third-order valence-electron chi connectivity index (χ3n) is 4.65. The number of rotatable bonds is 8. The Morgan fingerprint density at radius 2 is 1.36 bits per heavy atom. The minimum atomic E-state index is -0.562. The van der Waals surface area contributed by atoms with E-state index in [1.165, 1.54) is 0 Å². The van der Waals surface area contributed by atoms with Crippen molar-refractivity contribution >= 4 is 22.2 Å². The Morgan fingerprint density at radius 1 is 0.857 bits per heavy atom. The number of phenols is 1. The molecule has 144 valence electrons. The molecular weight excluding hydrogens is 418 g/mol. The number of para-hydroxylation sites is 1. The molecule has 0 aliphatic heterocycles. The summed E-state index contributed by atoms with van der Waals surface area (Å²) >= 11 is 2.85. The molecule has 0 aromatic heterocycles. The van der Waals surface area contributed by atoms with Gasteiger partial charge < -0.3 is 8.93 Å². The fourth-order valence-corrected chi connectivity index (χ4v) is 3.43. The molecule has 0 amide bonds. The summed E-state index contributed by atoms with van der Waals surface area (Å²) in [5.74, 6) is -0.218. The van der Waals surface area contributed by atoms with Crippen molar-refractivity contribution in [2.75, 3.05) is 0 Å². The first-order chi connectivity index (χ1) is 13.7. The summed E-state index contributed by atoms with van der Waals surface area (Å²) in [5.41, 5.74) is 2.91. The monoisotopic (exact) mass is 439 g/mol. The molecule has 0 bridgehead atoms. The predicted octanol–water partition coefficient (Wildman–Crippen LogP) is 4.86. The Hall–Kier alpha value is -2.63. The first kappa shape index (κ1) is 20.1. The van der Waals surface area contributed by atoms with Crippen LogP contribution in [0.3, 0.4) is 0 Å². The maximum atomic E-state index is 12.7. The molecule has 4 nitrogen and oxygen atoms in total. The molecule has 1 N–H and O–H groups in total. The van der Waals surface area contributed by atoms with Gasteiger partial charge >= 0.3 is 5.97 Å². The molecule has 0 heterocycles. The summed E-state index contributed by atoms with van der Waals surface area (Å²) in [4.78, 5) is 14.7. The topological polar surface area (TPSA) is 49.8 Å². The lowest BCUT2D eigenvalue weighted by Crippen LogP contribution is -2.42. The second-order valence-electron chi connectivity index (χ2n) is 6.62. The number of carbonyl (C=O) groups excluding carboxylic acids is 1. The van der Waals surface area contributed by atoms with Crippen molar-refractivity contribution < 1.29 is 13.7 Å². The summed E-state index contributed by atoms with van der Waals surface area (Å²) in [6, 6.07) is 26.5. The van der Waals surface area contributed by atoms with Gasteiger partial charge in [0.15, 0.2) is 16.3 Å². The summed E-state index contributed by atoms with van der Waals surface area (Å²) < 4.78 is 4.93. The van der Waals surface area contributed by atoms with Crippen molar-refractivity contribution in [3.05, 3.63) is 102 Å². The summed E-state index contributed by atoms with van der Waals surface area (Å²) in [7, 11) is 0. The first-order valence-corrected chi connectivity index (χ1v) is 9.73. The highest BCUT2D eigenvalue weighted by molar-refractivity contribution is 9.06. The molecule has 3 aromatic carbocycles. The van der Waals surface area contributed by atoms with E-state index in [1.807, 2.05) is 72.8 Å². The standard InChI is InChI=1S/C23H22BrNO3/c24-28-23(27)21(15-20-13-7-8-14-22(20)26)25(16-18-9-3-1-4-10-18)17-19-11-5-2-6-12-19/h1-14,21,26H,15-17H2. The van der Waals surface area contributed by atoms with Crippen molar-refractivity contribution in [3.8, 4) is 5.75 Å². The lowest BCUT2D eigenvalue weighted by atomic mass is 10.0. The summed E-state index contributed by atoms with van der Waals surface area (Å²) in [6.45, 7) is 1.16. The number of halogens is 1. The molecule has 0 aliphatic carbocycles. The molecule has 3 rings (SSSR count). The Kier molecular flexibility index (Phi) is 7.23. The number of aromatic hydroxyl groups is 1. The average Bonchev–Trinajstić information content (AvgIpc) is 2.74. The average molecular weight is 440 g/mol. The number of benzene rings is 3. The zero-order valence-corrected chi connectivity index (χ0v) is 17.0. The SMILES string of the molecule is O=C(OBr)C(Cc1ccccc1O)N(Cc1ccccc1)Cc1ccccc1. The second kappa shape index (κ2) is 10.1. The highest BCUT2D eigenvalue weighted by Crippen LogP contribution is 2.23. The van der Waals surface area contributed by atoms with E-state index in [1.54, 1.807) is 12.1 Å². The maximum Gasteiger partial charge on any atom is 0.335 e. The quantitative estimate of drug-likeness (QED) is 0.544. The van der Waals surface area contributed by atoms with E-state index >= 15 is 0 Å². The van der Waals surface area contributed by atoms with Gasteiger partial charge in [-0.15, -0.1) is 0 Å². The third-order valence-corrected chi connectivity index (χ3v) is 4.97. The van der Waals surface area contributed by atoms with Crippen molar-refractivity contribution in [2.45, 2.75) is 25.6 Å². The van der Waals surface area contributed by atoms with Gasteiger partial charge in [0.2, 0.25) is 0 Å². The highest BCUT2D eigenvalue weighted by Gasteiger charge is 2.29. The third kappa shape index (κ3) is 5.44. The van der Waals surface area contributed by atoms with Crippen LogP contribution >= 0.6 is 16.3 Å². The molecule has 28 heavy (non-hydrogen) atoms. The minimum Gasteiger partial charge on any atom is -0.508 e. The number of hydrogen-bond acceptors (Lipinski definition) is 4. The molecule has 5 heteroatoms. The van der Waals surface area contributed by atoms with Gasteiger partial charge in [0.25, 0.3) is 0 Å². The van der Waals surface area contributed by atoms with Crippen LogP contribution in [0, 0.1) is 0 Å². The van der Waals surface area contributed by atoms with E-state index in [0.29, 0.717) is 25.1 Å². The molecule has 0 saturated heterocycles. The first-order valence-electron chi connectivity index (χ1n) is 9.08. The van der Waals surface area contributed by atoms with Gasteiger partial charge in [0.05, 0.1) is 0 Å². The Bertz CT molecular complexity index is 845.